The average molecular weight is 321 g/mol. The normalized spacial score (nSPS) is 11.1. The number of aromatic amines is 1. The maximum Gasteiger partial charge on any atom is 0.277 e. The summed E-state index contributed by atoms with van der Waals surface area (Å²) >= 11 is 0. The van der Waals surface area contributed by atoms with E-state index in [1.165, 1.54) is 0 Å². The highest BCUT2D eigenvalue weighted by Crippen LogP contribution is 2.19. The molecule has 0 bridgehead atoms. The summed E-state index contributed by atoms with van der Waals surface area (Å²) in [6.45, 7) is 3.87. The van der Waals surface area contributed by atoms with Crippen LogP contribution in [0.3, 0.4) is 0 Å². The molecule has 1 heterocycles. The second-order valence-electron chi connectivity index (χ2n) is 5.61. The van der Waals surface area contributed by atoms with Crippen LogP contribution in [0.5, 0.6) is 5.75 Å². The van der Waals surface area contributed by atoms with Crippen molar-refractivity contribution in [3.63, 3.8) is 0 Å². The zero-order chi connectivity index (χ0) is 16.9. The second-order valence-corrected chi connectivity index (χ2v) is 5.61. The number of aryl methyl sites for hydroxylation is 2. The Morgan fingerprint density at radius 3 is 2.88 bits per heavy atom. The van der Waals surface area contributed by atoms with Gasteiger partial charge in [0, 0.05) is 22.2 Å². The third-order valence-corrected chi connectivity index (χ3v) is 3.69. The molecule has 0 aliphatic rings. The van der Waals surface area contributed by atoms with E-state index >= 15 is 0 Å². The van der Waals surface area contributed by atoms with E-state index in [2.05, 4.69) is 15.5 Å². The van der Waals surface area contributed by atoms with Crippen LogP contribution in [0, 0.1) is 13.8 Å². The van der Waals surface area contributed by atoms with Crippen LogP contribution in [0.4, 0.5) is 0 Å². The Balaban J connectivity index is 1.59. The number of hydrazone groups is 1. The number of benzene rings is 2. The summed E-state index contributed by atoms with van der Waals surface area (Å²) in [7, 11) is 0. The number of hydrogen-bond acceptors (Lipinski definition) is 3. The molecule has 0 spiro atoms. The topological polar surface area (TPSA) is 66.5 Å². The van der Waals surface area contributed by atoms with E-state index in [1.54, 1.807) is 6.21 Å². The number of aromatic nitrogens is 1. The van der Waals surface area contributed by atoms with Crippen molar-refractivity contribution in [2.75, 3.05) is 6.61 Å². The molecule has 0 saturated heterocycles. The predicted octanol–water partition coefficient (Wildman–Crippen LogP) is 3.31. The number of para-hydroxylation sites is 1. The SMILES string of the molecule is Cc1cccc(OCC(=O)N/N=C\c2c(C)[nH]c3ccccc23)c1. The fourth-order valence-electron chi connectivity index (χ4n) is 2.52. The first-order valence-corrected chi connectivity index (χ1v) is 7.72. The molecule has 0 atom stereocenters. The Kier molecular flexibility index (Phi) is 4.61. The Hall–Kier alpha value is -3.08. The van der Waals surface area contributed by atoms with Crippen LogP contribution >= 0.6 is 0 Å². The van der Waals surface area contributed by atoms with Crippen molar-refractivity contribution < 1.29 is 9.53 Å². The minimum atomic E-state index is -0.301. The summed E-state index contributed by atoms with van der Waals surface area (Å²) < 4.78 is 5.44. The number of H-pyrrole nitrogens is 1. The van der Waals surface area contributed by atoms with Gasteiger partial charge in [0.15, 0.2) is 6.61 Å². The maximum atomic E-state index is 11.8. The van der Waals surface area contributed by atoms with Gasteiger partial charge in [-0.1, -0.05) is 30.3 Å². The number of nitrogens with zero attached hydrogens (tertiary/aromatic N) is 1. The van der Waals surface area contributed by atoms with Crippen LogP contribution in [0.25, 0.3) is 10.9 Å². The van der Waals surface area contributed by atoms with E-state index in [-0.39, 0.29) is 12.5 Å². The number of hydrogen-bond donors (Lipinski definition) is 2. The van der Waals surface area contributed by atoms with Crippen molar-refractivity contribution in [2.45, 2.75) is 13.8 Å². The highest BCUT2D eigenvalue weighted by molar-refractivity contribution is 6.00. The second kappa shape index (κ2) is 7.00. The molecule has 0 radical (unpaired) electrons. The minimum absolute atomic E-state index is 0.0757. The number of carbonyl (C=O) groups is 1. The summed E-state index contributed by atoms with van der Waals surface area (Å²) in [5.41, 5.74) is 6.59. The molecule has 24 heavy (non-hydrogen) atoms. The standard InChI is InChI=1S/C19H19N3O2/c1-13-6-5-7-15(10-13)24-12-19(23)22-20-11-17-14(2)21-18-9-4-3-8-16(17)18/h3-11,21H,12H2,1-2H3,(H,22,23)/b20-11-. The largest absolute Gasteiger partial charge is 0.484 e. The van der Waals surface area contributed by atoms with E-state index < -0.39 is 0 Å². The summed E-state index contributed by atoms with van der Waals surface area (Å²) in [5, 5.41) is 5.10. The maximum absolute atomic E-state index is 11.8. The Morgan fingerprint density at radius 1 is 1.21 bits per heavy atom. The van der Waals surface area contributed by atoms with Crippen LogP contribution in [0.1, 0.15) is 16.8 Å². The number of carbonyl (C=O) groups excluding carboxylic acids is 1. The molecule has 1 aromatic heterocycles. The smallest absolute Gasteiger partial charge is 0.277 e. The van der Waals surface area contributed by atoms with Crippen LogP contribution in [0.2, 0.25) is 0 Å². The molecule has 3 rings (SSSR count). The fraction of sp³-hybridized carbons (Fsp3) is 0.158. The number of amides is 1. The third-order valence-electron chi connectivity index (χ3n) is 3.69. The third kappa shape index (κ3) is 3.63. The van der Waals surface area contributed by atoms with E-state index in [4.69, 9.17) is 4.74 Å². The first kappa shape index (κ1) is 15.8. The van der Waals surface area contributed by atoms with E-state index in [9.17, 15) is 4.79 Å². The van der Waals surface area contributed by atoms with E-state index in [0.29, 0.717) is 5.75 Å². The lowest BCUT2D eigenvalue weighted by Gasteiger charge is -2.05. The quantitative estimate of drug-likeness (QED) is 0.559. The van der Waals surface area contributed by atoms with Gasteiger partial charge in [-0.2, -0.15) is 5.10 Å². The van der Waals surface area contributed by atoms with Crippen molar-refractivity contribution in [1.29, 1.82) is 0 Å². The summed E-state index contributed by atoms with van der Waals surface area (Å²) in [6.07, 6.45) is 1.65. The Morgan fingerprint density at radius 2 is 2.04 bits per heavy atom. The summed E-state index contributed by atoms with van der Waals surface area (Å²) in [5.74, 6) is 0.367. The molecule has 2 aromatic carbocycles. The van der Waals surface area contributed by atoms with Gasteiger partial charge >= 0.3 is 0 Å². The molecule has 0 aliphatic heterocycles. The van der Waals surface area contributed by atoms with Gasteiger partial charge in [0.2, 0.25) is 0 Å². The molecule has 0 saturated carbocycles. The van der Waals surface area contributed by atoms with Crippen LogP contribution in [0.15, 0.2) is 53.6 Å². The molecule has 5 heteroatoms. The van der Waals surface area contributed by atoms with Gasteiger partial charge < -0.3 is 9.72 Å². The number of fused-ring (bicyclic) bond motifs is 1. The minimum Gasteiger partial charge on any atom is -0.484 e. The molecular formula is C19H19N3O2. The predicted molar refractivity (Wildman–Crippen MR) is 95.4 cm³/mol. The average Bonchev–Trinajstić information content (AvgIpc) is 2.89. The van der Waals surface area contributed by atoms with Crippen LogP contribution in [-0.4, -0.2) is 23.7 Å². The summed E-state index contributed by atoms with van der Waals surface area (Å²) in [4.78, 5) is 15.1. The lowest BCUT2D eigenvalue weighted by Crippen LogP contribution is -2.24. The molecule has 2 N–H and O–H groups in total. The lowest BCUT2D eigenvalue weighted by molar-refractivity contribution is -0.123. The number of ether oxygens (including phenoxy) is 1. The number of nitrogens with one attached hydrogen (secondary N) is 2. The first-order chi connectivity index (χ1) is 11.6. The van der Waals surface area contributed by atoms with E-state index in [0.717, 1.165) is 27.7 Å². The van der Waals surface area contributed by atoms with Gasteiger partial charge in [-0.15, -0.1) is 0 Å². The Labute approximate surface area is 140 Å². The van der Waals surface area contributed by atoms with Crippen molar-refractivity contribution in [3.05, 3.63) is 65.4 Å². The lowest BCUT2D eigenvalue weighted by atomic mass is 10.1. The summed E-state index contributed by atoms with van der Waals surface area (Å²) in [6, 6.07) is 15.5. The van der Waals surface area contributed by atoms with E-state index in [1.807, 2.05) is 62.4 Å². The molecule has 1 amide bonds. The molecule has 0 aliphatic carbocycles. The van der Waals surface area contributed by atoms with Crippen molar-refractivity contribution in [3.8, 4) is 5.75 Å². The van der Waals surface area contributed by atoms with Gasteiger partial charge in [0.1, 0.15) is 5.75 Å². The molecule has 5 nitrogen and oxygen atoms in total. The molecule has 3 aromatic rings. The zero-order valence-electron chi connectivity index (χ0n) is 13.7. The first-order valence-electron chi connectivity index (χ1n) is 7.72. The van der Waals surface area contributed by atoms with Gasteiger partial charge in [0.25, 0.3) is 5.91 Å². The van der Waals surface area contributed by atoms with Gasteiger partial charge in [-0.25, -0.2) is 5.43 Å². The highest BCUT2D eigenvalue weighted by Gasteiger charge is 2.06. The van der Waals surface area contributed by atoms with Crippen molar-refractivity contribution >= 4 is 23.0 Å². The monoisotopic (exact) mass is 321 g/mol. The fourth-order valence-corrected chi connectivity index (χ4v) is 2.52. The van der Waals surface area contributed by atoms with Crippen LogP contribution < -0.4 is 10.2 Å². The number of rotatable bonds is 5. The highest BCUT2D eigenvalue weighted by atomic mass is 16.5. The van der Waals surface area contributed by atoms with Crippen molar-refractivity contribution in [2.24, 2.45) is 5.10 Å². The Bertz CT molecular complexity index is 897. The molecule has 122 valence electrons. The zero-order valence-corrected chi connectivity index (χ0v) is 13.7. The van der Waals surface area contributed by atoms with Gasteiger partial charge in [-0.05, 0) is 37.6 Å². The molecular weight excluding hydrogens is 302 g/mol. The van der Waals surface area contributed by atoms with Gasteiger partial charge in [-0.3, -0.25) is 4.79 Å². The molecule has 0 unspecified atom stereocenters. The van der Waals surface area contributed by atoms with Crippen LogP contribution in [-0.2, 0) is 4.79 Å². The van der Waals surface area contributed by atoms with Crippen molar-refractivity contribution in [1.82, 2.24) is 10.4 Å². The van der Waals surface area contributed by atoms with Gasteiger partial charge in [0.05, 0.1) is 6.21 Å². The molecule has 0 fully saturated rings.